The zero-order chi connectivity index (χ0) is 19.5. The second-order valence-corrected chi connectivity index (χ2v) is 6.76. The molecule has 0 fully saturated rings. The number of carbonyl (C=O) groups is 1. The van der Waals surface area contributed by atoms with Crippen LogP contribution < -0.4 is 10.1 Å². The molecule has 3 aromatic carbocycles. The minimum atomic E-state index is -0.372. The van der Waals surface area contributed by atoms with Crippen LogP contribution in [0.25, 0.3) is 0 Å². The Bertz CT molecular complexity index is 988. The van der Waals surface area contributed by atoms with Crippen molar-refractivity contribution in [1.82, 2.24) is 4.90 Å². The predicted molar refractivity (Wildman–Crippen MR) is 109 cm³/mol. The molecule has 28 heavy (non-hydrogen) atoms. The van der Waals surface area contributed by atoms with E-state index < -0.39 is 0 Å². The molecule has 4 rings (SSSR count). The van der Waals surface area contributed by atoms with E-state index in [1.54, 1.807) is 12.1 Å². The van der Waals surface area contributed by atoms with Gasteiger partial charge in [0, 0.05) is 12.2 Å². The lowest BCUT2D eigenvalue weighted by molar-refractivity contribution is 0.0685. The first-order valence-electron chi connectivity index (χ1n) is 9.25. The molecule has 142 valence electrons. The van der Waals surface area contributed by atoms with Crippen LogP contribution in [0, 0.1) is 0 Å². The highest BCUT2D eigenvalue weighted by atomic mass is 16.5. The van der Waals surface area contributed by atoms with Gasteiger partial charge in [-0.25, -0.2) is 0 Å². The lowest BCUT2D eigenvalue weighted by Crippen LogP contribution is -2.43. The fourth-order valence-corrected chi connectivity index (χ4v) is 3.56. The summed E-state index contributed by atoms with van der Waals surface area (Å²) in [7, 11) is 1.51. The molecule has 0 unspecified atom stereocenters. The number of benzene rings is 3. The zero-order valence-corrected chi connectivity index (χ0v) is 15.6. The maximum atomic E-state index is 13.2. The summed E-state index contributed by atoms with van der Waals surface area (Å²) in [5, 5.41) is 13.7. The van der Waals surface area contributed by atoms with Gasteiger partial charge < -0.3 is 20.1 Å². The summed E-state index contributed by atoms with van der Waals surface area (Å²) in [4.78, 5) is 15.0. The Hall–Kier alpha value is -3.47. The number of nitrogens with one attached hydrogen (secondary N) is 1. The number of nitrogens with zero attached hydrogens (tertiary/aromatic N) is 1. The first-order chi connectivity index (χ1) is 13.7. The molecule has 5 heteroatoms. The lowest BCUT2D eigenvalue weighted by atomic mass is 10.0. The monoisotopic (exact) mass is 374 g/mol. The average Bonchev–Trinajstić information content (AvgIpc) is 2.73. The van der Waals surface area contributed by atoms with Gasteiger partial charge in [0.15, 0.2) is 11.5 Å². The quantitative estimate of drug-likeness (QED) is 0.702. The van der Waals surface area contributed by atoms with Crippen LogP contribution in [0.2, 0.25) is 0 Å². The van der Waals surface area contributed by atoms with Crippen molar-refractivity contribution in [3.05, 3.63) is 89.5 Å². The Labute approximate surface area is 164 Å². The topological polar surface area (TPSA) is 61.8 Å². The molecule has 5 nitrogen and oxygen atoms in total. The molecule has 1 atom stereocenters. The number of ether oxygens (including phenoxy) is 1. The van der Waals surface area contributed by atoms with Crippen molar-refractivity contribution in [1.29, 1.82) is 0 Å². The number of fused-ring (bicyclic) bond motifs is 1. The van der Waals surface area contributed by atoms with E-state index in [-0.39, 0.29) is 17.8 Å². The number of phenols is 1. The number of rotatable bonds is 5. The number of hydrogen-bond donors (Lipinski definition) is 2. The van der Waals surface area contributed by atoms with Gasteiger partial charge in [-0.2, -0.15) is 0 Å². The number of methoxy groups -OCH3 is 1. The summed E-state index contributed by atoms with van der Waals surface area (Å²) in [6.07, 6.45) is 0.373. The number of aromatic hydroxyl groups is 1. The molecule has 0 bridgehead atoms. The number of phenolic OH excluding ortho intramolecular Hbond substituents is 1. The number of para-hydroxylation sites is 1. The van der Waals surface area contributed by atoms with E-state index in [4.69, 9.17) is 4.74 Å². The van der Waals surface area contributed by atoms with Crippen LogP contribution in [0.5, 0.6) is 11.5 Å². The van der Waals surface area contributed by atoms with Crippen molar-refractivity contribution in [2.45, 2.75) is 12.6 Å². The zero-order valence-electron chi connectivity index (χ0n) is 15.6. The number of carbonyl (C=O) groups excluding carboxylic acids is 1. The Morgan fingerprint density at radius 3 is 2.54 bits per heavy atom. The number of hydrogen-bond acceptors (Lipinski definition) is 4. The smallest absolute Gasteiger partial charge is 0.257 e. The Morgan fingerprint density at radius 1 is 1.04 bits per heavy atom. The van der Waals surface area contributed by atoms with Gasteiger partial charge in [-0.15, -0.1) is 0 Å². The van der Waals surface area contributed by atoms with Crippen LogP contribution in [0.4, 0.5) is 5.69 Å². The van der Waals surface area contributed by atoms with Crippen molar-refractivity contribution >= 4 is 11.6 Å². The SMILES string of the molecule is COc1ccc([C@H]2Nc3ccccc3C(=O)N2CCc2ccccc2)cc1O. The van der Waals surface area contributed by atoms with Gasteiger partial charge in [0.1, 0.15) is 6.17 Å². The summed E-state index contributed by atoms with van der Waals surface area (Å²) in [5.74, 6) is 0.434. The fraction of sp³-hybridized carbons (Fsp3) is 0.174. The molecule has 0 saturated carbocycles. The van der Waals surface area contributed by atoms with E-state index in [1.165, 1.54) is 12.7 Å². The third-order valence-corrected chi connectivity index (χ3v) is 5.03. The van der Waals surface area contributed by atoms with Gasteiger partial charge in [-0.1, -0.05) is 48.5 Å². The van der Waals surface area contributed by atoms with Gasteiger partial charge in [0.25, 0.3) is 5.91 Å². The molecule has 0 aliphatic carbocycles. The normalized spacial score (nSPS) is 15.7. The molecule has 0 radical (unpaired) electrons. The molecular formula is C23H22N2O3. The molecule has 0 saturated heterocycles. The predicted octanol–water partition coefficient (Wildman–Crippen LogP) is 4.21. The maximum absolute atomic E-state index is 13.2. The summed E-state index contributed by atoms with van der Waals surface area (Å²) in [5.41, 5.74) is 3.42. The van der Waals surface area contributed by atoms with E-state index in [2.05, 4.69) is 17.4 Å². The summed E-state index contributed by atoms with van der Waals surface area (Å²) in [6.45, 7) is 0.557. The van der Waals surface area contributed by atoms with Gasteiger partial charge in [-0.05, 0) is 41.8 Å². The second-order valence-electron chi connectivity index (χ2n) is 6.76. The van der Waals surface area contributed by atoms with Crippen molar-refractivity contribution in [3.63, 3.8) is 0 Å². The number of anilines is 1. The van der Waals surface area contributed by atoms with Crippen molar-refractivity contribution in [2.75, 3.05) is 19.0 Å². The van der Waals surface area contributed by atoms with Crippen molar-refractivity contribution < 1.29 is 14.6 Å². The Balaban J connectivity index is 1.68. The molecule has 2 N–H and O–H groups in total. The second kappa shape index (κ2) is 7.64. The van der Waals surface area contributed by atoms with Crippen molar-refractivity contribution in [2.24, 2.45) is 0 Å². The highest BCUT2D eigenvalue weighted by Gasteiger charge is 2.32. The molecular weight excluding hydrogens is 352 g/mol. The molecule has 0 aromatic heterocycles. The number of amides is 1. The minimum Gasteiger partial charge on any atom is -0.504 e. The van der Waals surface area contributed by atoms with E-state index in [1.807, 2.05) is 53.4 Å². The van der Waals surface area contributed by atoms with Crippen LogP contribution in [-0.2, 0) is 6.42 Å². The third-order valence-electron chi connectivity index (χ3n) is 5.03. The maximum Gasteiger partial charge on any atom is 0.257 e. The van der Waals surface area contributed by atoms with Crippen molar-refractivity contribution in [3.8, 4) is 11.5 Å². The van der Waals surface area contributed by atoms with Gasteiger partial charge in [0.2, 0.25) is 0 Å². The molecule has 1 heterocycles. The first kappa shape index (κ1) is 17.9. The van der Waals surface area contributed by atoms with Crippen LogP contribution in [-0.4, -0.2) is 29.6 Å². The fourth-order valence-electron chi connectivity index (χ4n) is 3.56. The van der Waals surface area contributed by atoms with E-state index in [9.17, 15) is 9.90 Å². The highest BCUT2D eigenvalue weighted by molar-refractivity contribution is 6.01. The van der Waals surface area contributed by atoms with E-state index in [0.29, 0.717) is 17.9 Å². The van der Waals surface area contributed by atoms with E-state index in [0.717, 1.165) is 17.7 Å². The van der Waals surface area contributed by atoms with E-state index >= 15 is 0 Å². The average molecular weight is 374 g/mol. The van der Waals surface area contributed by atoms with Crippen LogP contribution >= 0.6 is 0 Å². The standard InChI is InChI=1S/C23H22N2O3/c1-28-21-12-11-17(15-20(21)26)22-24-19-10-6-5-9-18(19)23(27)25(22)14-13-16-7-3-2-4-8-16/h2-12,15,22,24,26H,13-14H2,1H3/t22-/m0/s1. The molecule has 1 aliphatic heterocycles. The third kappa shape index (κ3) is 3.39. The first-order valence-corrected chi connectivity index (χ1v) is 9.25. The van der Waals surface area contributed by atoms with Crippen LogP contribution in [0.1, 0.15) is 27.7 Å². The molecule has 0 spiro atoms. The molecule has 1 amide bonds. The Morgan fingerprint density at radius 2 is 1.79 bits per heavy atom. The van der Waals surface area contributed by atoms with Gasteiger partial charge in [-0.3, -0.25) is 4.79 Å². The highest BCUT2D eigenvalue weighted by Crippen LogP contribution is 2.36. The molecule has 3 aromatic rings. The van der Waals surface area contributed by atoms with Gasteiger partial charge in [0.05, 0.1) is 12.7 Å². The summed E-state index contributed by atoms with van der Waals surface area (Å²) < 4.78 is 5.15. The molecule has 1 aliphatic rings. The van der Waals surface area contributed by atoms with Crippen LogP contribution in [0.15, 0.2) is 72.8 Å². The lowest BCUT2D eigenvalue weighted by Gasteiger charge is -2.38. The summed E-state index contributed by atoms with van der Waals surface area (Å²) in [6, 6.07) is 22.8. The largest absolute Gasteiger partial charge is 0.504 e. The van der Waals surface area contributed by atoms with Crippen LogP contribution in [0.3, 0.4) is 0 Å². The Kier molecular flexibility index (Phi) is 4.89. The van der Waals surface area contributed by atoms with Gasteiger partial charge >= 0.3 is 0 Å². The minimum absolute atomic E-state index is 0.0226. The summed E-state index contributed by atoms with van der Waals surface area (Å²) >= 11 is 0.